The molecule has 13 heavy (non-hydrogen) atoms. The summed E-state index contributed by atoms with van der Waals surface area (Å²) in [6.45, 7) is 2.06. The predicted molar refractivity (Wildman–Crippen MR) is 50.0 cm³/mol. The summed E-state index contributed by atoms with van der Waals surface area (Å²) < 4.78 is 1.88. The van der Waals surface area contributed by atoms with Crippen LogP contribution in [0.5, 0.6) is 0 Å². The number of nitrogens with zero attached hydrogens (tertiary/aromatic N) is 2. The molecule has 0 bridgehead atoms. The predicted octanol–water partition coefficient (Wildman–Crippen LogP) is 1.71. The van der Waals surface area contributed by atoms with Crippen molar-refractivity contribution in [2.45, 2.75) is 13.3 Å². The highest BCUT2D eigenvalue weighted by Gasteiger charge is 1.99. The van der Waals surface area contributed by atoms with Gasteiger partial charge < -0.3 is 4.40 Å². The number of carbonyl (C=O) groups is 1. The monoisotopic (exact) mass is 174 g/mol. The van der Waals surface area contributed by atoms with Crippen molar-refractivity contribution in [3.63, 3.8) is 0 Å². The quantitative estimate of drug-likeness (QED) is 0.649. The molecule has 0 saturated heterocycles. The van der Waals surface area contributed by atoms with Crippen LogP contribution in [0, 0.1) is 0 Å². The van der Waals surface area contributed by atoms with E-state index in [-0.39, 0.29) is 0 Å². The fourth-order valence-electron chi connectivity index (χ4n) is 1.30. The second-order valence-electron chi connectivity index (χ2n) is 2.93. The summed E-state index contributed by atoms with van der Waals surface area (Å²) in [6.07, 6.45) is 5.49. The molecule has 0 aliphatic heterocycles. The third-order valence-corrected chi connectivity index (χ3v) is 2.02. The van der Waals surface area contributed by atoms with Gasteiger partial charge in [-0.05, 0) is 18.6 Å². The number of aromatic nitrogens is 2. The molecule has 0 atom stereocenters. The van der Waals surface area contributed by atoms with Crippen molar-refractivity contribution in [3.8, 4) is 0 Å². The third-order valence-electron chi connectivity index (χ3n) is 2.02. The molecule has 66 valence electrons. The molecule has 2 rings (SSSR count). The van der Waals surface area contributed by atoms with Crippen molar-refractivity contribution in [3.05, 3.63) is 35.8 Å². The molecular weight excluding hydrogens is 164 g/mol. The minimum Gasteiger partial charge on any atom is -0.306 e. The molecular formula is C10H10N2O. The van der Waals surface area contributed by atoms with E-state index in [1.807, 2.05) is 16.7 Å². The van der Waals surface area contributed by atoms with Crippen LogP contribution >= 0.6 is 0 Å². The maximum absolute atomic E-state index is 10.5. The summed E-state index contributed by atoms with van der Waals surface area (Å²) in [7, 11) is 0. The first-order valence-corrected chi connectivity index (χ1v) is 4.26. The summed E-state index contributed by atoms with van der Waals surface area (Å²) in [6, 6.07) is 3.62. The number of rotatable bonds is 2. The number of hydrogen-bond acceptors (Lipinski definition) is 2. The summed E-state index contributed by atoms with van der Waals surface area (Å²) in [4.78, 5) is 14.8. The summed E-state index contributed by atoms with van der Waals surface area (Å²) in [5.41, 5.74) is 2.61. The van der Waals surface area contributed by atoms with E-state index < -0.39 is 0 Å². The van der Waals surface area contributed by atoms with E-state index in [0.717, 1.165) is 24.0 Å². The van der Waals surface area contributed by atoms with Crippen molar-refractivity contribution in [2.75, 3.05) is 0 Å². The zero-order valence-corrected chi connectivity index (χ0v) is 7.40. The molecule has 0 fully saturated rings. The Morgan fingerprint density at radius 3 is 3.00 bits per heavy atom. The van der Waals surface area contributed by atoms with Gasteiger partial charge in [0.15, 0.2) is 6.29 Å². The first-order valence-electron chi connectivity index (χ1n) is 4.26. The molecule has 0 aliphatic carbocycles. The van der Waals surface area contributed by atoms with E-state index >= 15 is 0 Å². The van der Waals surface area contributed by atoms with Crippen LogP contribution < -0.4 is 0 Å². The van der Waals surface area contributed by atoms with Crippen molar-refractivity contribution in [1.82, 2.24) is 9.38 Å². The second kappa shape index (κ2) is 3.01. The van der Waals surface area contributed by atoms with Crippen LogP contribution in [0.2, 0.25) is 0 Å². The van der Waals surface area contributed by atoms with E-state index in [1.54, 1.807) is 12.3 Å². The van der Waals surface area contributed by atoms with Gasteiger partial charge in [-0.25, -0.2) is 4.98 Å². The number of aldehydes is 1. The zero-order chi connectivity index (χ0) is 9.26. The van der Waals surface area contributed by atoms with Gasteiger partial charge in [0.25, 0.3) is 0 Å². The van der Waals surface area contributed by atoms with Crippen LogP contribution in [0.3, 0.4) is 0 Å². The lowest BCUT2D eigenvalue weighted by Gasteiger charge is -1.92. The highest BCUT2D eigenvalue weighted by atomic mass is 16.1. The van der Waals surface area contributed by atoms with Crippen LogP contribution in [0.1, 0.15) is 23.0 Å². The fraction of sp³-hybridized carbons (Fsp3) is 0.200. The highest BCUT2D eigenvalue weighted by molar-refractivity contribution is 5.74. The first kappa shape index (κ1) is 7.98. The molecule has 2 aromatic heterocycles. The van der Waals surface area contributed by atoms with Gasteiger partial charge in [-0.2, -0.15) is 0 Å². The number of pyridine rings is 1. The van der Waals surface area contributed by atoms with Crippen LogP contribution in [0.4, 0.5) is 0 Å². The van der Waals surface area contributed by atoms with Gasteiger partial charge in [-0.3, -0.25) is 4.79 Å². The lowest BCUT2D eigenvalue weighted by atomic mass is 10.3. The Kier molecular flexibility index (Phi) is 1.85. The molecule has 0 radical (unpaired) electrons. The lowest BCUT2D eigenvalue weighted by Crippen LogP contribution is -1.86. The number of carbonyl (C=O) groups excluding carboxylic acids is 1. The minimum absolute atomic E-state index is 0.674. The molecule has 0 saturated carbocycles. The largest absolute Gasteiger partial charge is 0.306 e. The third kappa shape index (κ3) is 1.33. The average molecular weight is 174 g/mol. The molecule has 0 amide bonds. The van der Waals surface area contributed by atoms with Gasteiger partial charge in [-0.1, -0.05) is 6.92 Å². The maximum atomic E-state index is 10.5. The first-order chi connectivity index (χ1) is 6.33. The Morgan fingerprint density at radius 2 is 2.31 bits per heavy atom. The standard InChI is InChI=1S/C10H10N2O/c1-2-9-6-12-5-8(7-13)3-4-10(12)11-9/h3-7H,2H2,1H3. The normalized spacial score (nSPS) is 10.5. The Bertz CT molecular complexity index is 445. The van der Waals surface area contributed by atoms with Gasteiger partial charge in [0.2, 0.25) is 0 Å². The molecule has 0 aromatic carbocycles. The maximum Gasteiger partial charge on any atom is 0.151 e. The second-order valence-corrected chi connectivity index (χ2v) is 2.93. The summed E-state index contributed by atoms with van der Waals surface area (Å²) >= 11 is 0. The lowest BCUT2D eigenvalue weighted by molar-refractivity contribution is 0.112. The van der Waals surface area contributed by atoms with Crippen LogP contribution in [0.25, 0.3) is 5.65 Å². The molecule has 0 aliphatic rings. The number of aryl methyl sites for hydroxylation is 1. The van der Waals surface area contributed by atoms with Crippen LogP contribution in [-0.2, 0) is 6.42 Å². The van der Waals surface area contributed by atoms with Crippen molar-refractivity contribution in [1.29, 1.82) is 0 Å². The molecule has 3 heteroatoms. The summed E-state index contributed by atoms with van der Waals surface area (Å²) in [5, 5.41) is 0. The van der Waals surface area contributed by atoms with E-state index in [2.05, 4.69) is 11.9 Å². The highest BCUT2D eigenvalue weighted by Crippen LogP contribution is 2.06. The van der Waals surface area contributed by atoms with Gasteiger partial charge in [-0.15, -0.1) is 0 Å². The smallest absolute Gasteiger partial charge is 0.151 e. The Labute approximate surface area is 76.0 Å². The average Bonchev–Trinajstić information content (AvgIpc) is 2.58. The Morgan fingerprint density at radius 1 is 1.46 bits per heavy atom. The Balaban J connectivity index is 2.63. The molecule has 0 spiro atoms. The topological polar surface area (TPSA) is 34.4 Å². The zero-order valence-electron chi connectivity index (χ0n) is 7.40. The minimum atomic E-state index is 0.674. The van der Waals surface area contributed by atoms with Gasteiger partial charge in [0, 0.05) is 18.0 Å². The molecule has 0 unspecified atom stereocenters. The van der Waals surface area contributed by atoms with Crippen molar-refractivity contribution in [2.24, 2.45) is 0 Å². The number of hydrogen-bond donors (Lipinski definition) is 0. The van der Waals surface area contributed by atoms with E-state index in [9.17, 15) is 4.79 Å². The number of imidazole rings is 1. The van der Waals surface area contributed by atoms with E-state index in [4.69, 9.17) is 0 Å². The summed E-state index contributed by atoms with van der Waals surface area (Å²) in [5.74, 6) is 0. The number of fused-ring (bicyclic) bond motifs is 1. The van der Waals surface area contributed by atoms with Crippen LogP contribution in [0.15, 0.2) is 24.5 Å². The fourth-order valence-corrected chi connectivity index (χ4v) is 1.30. The van der Waals surface area contributed by atoms with Gasteiger partial charge in [0.1, 0.15) is 5.65 Å². The molecule has 2 heterocycles. The van der Waals surface area contributed by atoms with Gasteiger partial charge >= 0.3 is 0 Å². The van der Waals surface area contributed by atoms with Crippen LogP contribution in [-0.4, -0.2) is 15.7 Å². The van der Waals surface area contributed by atoms with Gasteiger partial charge in [0.05, 0.1) is 5.69 Å². The van der Waals surface area contributed by atoms with E-state index in [1.165, 1.54) is 0 Å². The molecule has 0 N–H and O–H groups in total. The van der Waals surface area contributed by atoms with E-state index in [0.29, 0.717) is 5.56 Å². The SMILES string of the molecule is CCc1cn2cc(C=O)ccc2n1. The van der Waals surface area contributed by atoms with Crippen molar-refractivity contribution < 1.29 is 4.79 Å². The van der Waals surface area contributed by atoms with Crippen molar-refractivity contribution >= 4 is 11.9 Å². The molecule has 3 nitrogen and oxygen atoms in total. The Hall–Kier alpha value is -1.64. The molecule has 2 aromatic rings.